The van der Waals surface area contributed by atoms with Gasteiger partial charge in [-0.25, -0.2) is 4.98 Å². The first-order chi connectivity index (χ1) is 7.98. The van der Waals surface area contributed by atoms with Crippen molar-refractivity contribution in [2.45, 2.75) is 26.2 Å². The highest BCUT2D eigenvalue weighted by molar-refractivity contribution is 5.50. The SMILES string of the molecule is CN1CCN(c2ncccc2C(C)(C)C)CC1. The van der Waals surface area contributed by atoms with Crippen molar-refractivity contribution in [3.63, 3.8) is 0 Å². The van der Waals surface area contributed by atoms with Gasteiger partial charge in [0.15, 0.2) is 0 Å². The topological polar surface area (TPSA) is 19.4 Å². The van der Waals surface area contributed by atoms with Crippen molar-refractivity contribution in [3.8, 4) is 0 Å². The molecule has 1 fully saturated rings. The van der Waals surface area contributed by atoms with Crippen LogP contribution < -0.4 is 4.90 Å². The van der Waals surface area contributed by atoms with E-state index in [2.05, 4.69) is 48.7 Å². The fourth-order valence-corrected chi connectivity index (χ4v) is 2.25. The summed E-state index contributed by atoms with van der Waals surface area (Å²) in [5.74, 6) is 1.17. The van der Waals surface area contributed by atoms with Crippen LogP contribution in [0.4, 0.5) is 5.82 Å². The fraction of sp³-hybridized carbons (Fsp3) is 0.643. The van der Waals surface area contributed by atoms with Gasteiger partial charge >= 0.3 is 0 Å². The monoisotopic (exact) mass is 233 g/mol. The lowest BCUT2D eigenvalue weighted by molar-refractivity contribution is 0.311. The number of piperazine rings is 1. The summed E-state index contributed by atoms with van der Waals surface area (Å²) in [4.78, 5) is 9.39. The van der Waals surface area contributed by atoms with Crippen LogP contribution >= 0.6 is 0 Å². The molecule has 0 unspecified atom stereocenters. The van der Waals surface area contributed by atoms with Crippen LogP contribution in [-0.2, 0) is 5.41 Å². The number of nitrogens with zero attached hydrogens (tertiary/aromatic N) is 3. The minimum Gasteiger partial charge on any atom is -0.354 e. The molecule has 0 saturated carbocycles. The fourth-order valence-electron chi connectivity index (χ4n) is 2.25. The number of rotatable bonds is 1. The van der Waals surface area contributed by atoms with Crippen molar-refractivity contribution in [1.29, 1.82) is 0 Å². The van der Waals surface area contributed by atoms with Crippen LogP contribution in [0.15, 0.2) is 18.3 Å². The Balaban J connectivity index is 2.26. The third-order valence-electron chi connectivity index (χ3n) is 3.40. The van der Waals surface area contributed by atoms with Gasteiger partial charge in [-0.2, -0.15) is 0 Å². The lowest BCUT2D eigenvalue weighted by Crippen LogP contribution is -2.45. The van der Waals surface area contributed by atoms with Crippen LogP contribution in [0.2, 0.25) is 0 Å². The summed E-state index contributed by atoms with van der Waals surface area (Å²) >= 11 is 0. The first-order valence-corrected chi connectivity index (χ1v) is 6.37. The average Bonchev–Trinajstić information content (AvgIpc) is 2.29. The molecule has 2 rings (SSSR count). The lowest BCUT2D eigenvalue weighted by atomic mass is 9.87. The van der Waals surface area contributed by atoms with E-state index < -0.39 is 0 Å². The number of anilines is 1. The molecule has 3 heteroatoms. The molecule has 0 atom stereocenters. The maximum Gasteiger partial charge on any atom is 0.132 e. The Morgan fingerprint density at radius 3 is 2.35 bits per heavy atom. The van der Waals surface area contributed by atoms with E-state index in [4.69, 9.17) is 0 Å². The normalized spacial score (nSPS) is 18.5. The maximum atomic E-state index is 4.60. The molecule has 1 aliphatic rings. The van der Waals surface area contributed by atoms with Gasteiger partial charge in [0, 0.05) is 37.9 Å². The summed E-state index contributed by atoms with van der Waals surface area (Å²) < 4.78 is 0. The van der Waals surface area contributed by atoms with Crippen molar-refractivity contribution in [3.05, 3.63) is 23.9 Å². The predicted molar refractivity (Wildman–Crippen MR) is 72.6 cm³/mol. The van der Waals surface area contributed by atoms with Crippen molar-refractivity contribution in [1.82, 2.24) is 9.88 Å². The first-order valence-electron chi connectivity index (χ1n) is 6.37. The second-order valence-corrected chi connectivity index (χ2v) is 5.91. The number of hydrogen-bond acceptors (Lipinski definition) is 3. The van der Waals surface area contributed by atoms with Crippen LogP contribution in [0.25, 0.3) is 0 Å². The van der Waals surface area contributed by atoms with E-state index in [1.165, 1.54) is 11.4 Å². The predicted octanol–water partition coefficient (Wildman–Crippen LogP) is 2.13. The zero-order chi connectivity index (χ0) is 12.5. The molecule has 0 amide bonds. The third kappa shape index (κ3) is 2.78. The molecule has 1 aromatic heterocycles. The van der Waals surface area contributed by atoms with Crippen molar-refractivity contribution in [2.75, 3.05) is 38.1 Å². The maximum absolute atomic E-state index is 4.60. The summed E-state index contributed by atoms with van der Waals surface area (Å²) in [6.07, 6.45) is 1.91. The number of pyridine rings is 1. The molecule has 0 radical (unpaired) electrons. The summed E-state index contributed by atoms with van der Waals surface area (Å²) in [5, 5.41) is 0. The molecule has 0 N–H and O–H groups in total. The summed E-state index contributed by atoms with van der Waals surface area (Å²) in [6, 6.07) is 4.25. The second kappa shape index (κ2) is 4.65. The van der Waals surface area contributed by atoms with Gasteiger partial charge in [0.05, 0.1) is 0 Å². The van der Waals surface area contributed by atoms with Crippen molar-refractivity contribution >= 4 is 5.82 Å². The van der Waals surface area contributed by atoms with E-state index >= 15 is 0 Å². The zero-order valence-electron chi connectivity index (χ0n) is 11.4. The van der Waals surface area contributed by atoms with Gasteiger partial charge < -0.3 is 9.80 Å². The van der Waals surface area contributed by atoms with Crippen LogP contribution in [0.1, 0.15) is 26.3 Å². The molecule has 3 nitrogen and oxygen atoms in total. The van der Waals surface area contributed by atoms with Gasteiger partial charge in [0.2, 0.25) is 0 Å². The Bertz CT molecular complexity index is 373. The molecular weight excluding hydrogens is 210 g/mol. The molecule has 1 aromatic rings. The van der Waals surface area contributed by atoms with E-state index in [0.29, 0.717) is 0 Å². The Morgan fingerprint density at radius 2 is 1.76 bits per heavy atom. The molecule has 1 saturated heterocycles. The Kier molecular flexibility index (Phi) is 3.38. The van der Waals surface area contributed by atoms with Crippen molar-refractivity contribution in [2.24, 2.45) is 0 Å². The van der Waals surface area contributed by atoms with Crippen LogP contribution in [0.5, 0.6) is 0 Å². The Morgan fingerprint density at radius 1 is 1.12 bits per heavy atom. The minimum absolute atomic E-state index is 0.160. The number of aromatic nitrogens is 1. The molecule has 0 spiro atoms. The number of hydrogen-bond donors (Lipinski definition) is 0. The van der Waals surface area contributed by atoms with E-state index in [1.807, 2.05) is 12.3 Å². The van der Waals surface area contributed by atoms with E-state index in [-0.39, 0.29) is 5.41 Å². The van der Waals surface area contributed by atoms with Crippen LogP contribution in [-0.4, -0.2) is 43.1 Å². The Labute approximate surface area is 104 Å². The highest BCUT2D eigenvalue weighted by atomic mass is 15.3. The van der Waals surface area contributed by atoms with E-state index in [1.54, 1.807) is 0 Å². The molecular formula is C14H23N3. The van der Waals surface area contributed by atoms with Gasteiger partial charge in [-0.15, -0.1) is 0 Å². The molecule has 0 aliphatic carbocycles. The van der Waals surface area contributed by atoms with Gasteiger partial charge in [-0.1, -0.05) is 26.8 Å². The second-order valence-electron chi connectivity index (χ2n) is 5.91. The molecule has 0 bridgehead atoms. The van der Waals surface area contributed by atoms with Gasteiger partial charge in [0.25, 0.3) is 0 Å². The Hall–Kier alpha value is -1.09. The van der Waals surface area contributed by atoms with E-state index in [0.717, 1.165) is 26.2 Å². The summed E-state index contributed by atoms with van der Waals surface area (Å²) in [6.45, 7) is 11.2. The number of likely N-dealkylation sites (N-methyl/N-ethyl adjacent to an activating group) is 1. The lowest BCUT2D eigenvalue weighted by Gasteiger charge is -2.36. The third-order valence-corrected chi connectivity index (χ3v) is 3.40. The zero-order valence-corrected chi connectivity index (χ0v) is 11.4. The quantitative estimate of drug-likeness (QED) is 0.741. The first kappa shape index (κ1) is 12.4. The summed E-state index contributed by atoms with van der Waals surface area (Å²) in [5.41, 5.74) is 1.51. The van der Waals surface area contributed by atoms with Crippen LogP contribution in [0, 0.1) is 0 Å². The highest BCUT2D eigenvalue weighted by Gasteiger charge is 2.23. The highest BCUT2D eigenvalue weighted by Crippen LogP contribution is 2.30. The van der Waals surface area contributed by atoms with Crippen LogP contribution in [0.3, 0.4) is 0 Å². The van der Waals surface area contributed by atoms with Gasteiger partial charge in [-0.05, 0) is 18.5 Å². The molecule has 1 aliphatic heterocycles. The standard InChI is InChI=1S/C14H23N3/c1-14(2,3)12-6-5-7-15-13(12)17-10-8-16(4)9-11-17/h5-7H,8-11H2,1-4H3. The van der Waals surface area contributed by atoms with Crippen molar-refractivity contribution < 1.29 is 0 Å². The molecule has 2 heterocycles. The van der Waals surface area contributed by atoms with E-state index in [9.17, 15) is 0 Å². The largest absolute Gasteiger partial charge is 0.354 e. The average molecular weight is 233 g/mol. The molecule has 94 valence electrons. The molecule has 17 heavy (non-hydrogen) atoms. The van der Waals surface area contributed by atoms with Gasteiger partial charge in [0.1, 0.15) is 5.82 Å². The minimum atomic E-state index is 0.160. The smallest absolute Gasteiger partial charge is 0.132 e. The summed E-state index contributed by atoms with van der Waals surface area (Å²) in [7, 11) is 2.18. The van der Waals surface area contributed by atoms with Gasteiger partial charge in [-0.3, -0.25) is 0 Å². The molecule has 0 aromatic carbocycles.